The fraction of sp³-hybridized carbons (Fsp3) is 0.500. The van der Waals surface area contributed by atoms with E-state index < -0.39 is 0 Å². The van der Waals surface area contributed by atoms with E-state index in [-0.39, 0.29) is 5.91 Å². The Morgan fingerprint density at radius 3 is 3.05 bits per heavy atom. The van der Waals surface area contributed by atoms with Crippen molar-refractivity contribution in [2.24, 2.45) is 5.10 Å². The van der Waals surface area contributed by atoms with Crippen LogP contribution in [0.15, 0.2) is 23.3 Å². The molecule has 0 atom stereocenters. The lowest BCUT2D eigenvalue weighted by atomic mass is 10.0. The SMILES string of the molecule is O=C(CN1CCOCC1)N/N=C/c1ccc2c(c1)CCCO2. The molecule has 22 heavy (non-hydrogen) atoms. The number of morpholine rings is 1. The molecule has 3 rings (SSSR count). The second-order valence-electron chi connectivity index (χ2n) is 5.50. The van der Waals surface area contributed by atoms with Gasteiger partial charge in [0.15, 0.2) is 0 Å². The second kappa shape index (κ2) is 7.38. The van der Waals surface area contributed by atoms with Crippen molar-refractivity contribution >= 4 is 12.1 Å². The lowest BCUT2D eigenvalue weighted by molar-refractivity contribution is -0.123. The maximum absolute atomic E-state index is 11.8. The van der Waals surface area contributed by atoms with Crippen LogP contribution < -0.4 is 10.2 Å². The lowest BCUT2D eigenvalue weighted by Crippen LogP contribution is -2.42. The predicted molar refractivity (Wildman–Crippen MR) is 83.3 cm³/mol. The third kappa shape index (κ3) is 4.05. The summed E-state index contributed by atoms with van der Waals surface area (Å²) in [6.45, 7) is 4.11. The first kappa shape index (κ1) is 15.0. The van der Waals surface area contributed by atoms with Gasteiger partial charge in [-0.2, -0.15) is 5.10 Å². The van der Waals surface area contributed by atoms with Crippen LogP contribution in [0.4, 0.5) is 0 Å². The summed E-state index contributed by atoms with van der Waals surface area (Å²) in [5.74, 6) is 0.860. The number of hydrazone groups is 1. The van der Waals surface area contributed by atoms with Crippen molar-refractivity contribution in [2.45, 2.75) is 12.8 Å². The van der Waals surface area contributed by atoms with Crippen molar-refractivity contribution in [3.05, 3.63) is 29.3 Å². The van der Waals surface area contributed by atoms with Crippen molar-refractivity contribution in [3.8, 4) is 5.75 Å². The molecule has 1 aromatic carbocycles. The van der Waals surface area contributed by atoms with Crippen LogP contribution in [-0.2, 0) is 16.0 Å². The quantitative estimate of drug-likeness (QED) is 0.660. The molecular formula is C16H21N3O3. The summed E-state index contributed by atoms with van der Waals surface area (Å²) in [6, 6.07) is 5.97. The van der Waals surface area contributed by atoms with Crippen LogP contribution in [0.5, 0.6) is 5.75 Å². The van der Waals surface area contributed by atoms with Gasteiger partial charge in [0.05, 0.1) is 32.6 Å². The number of nitrogens with one attached hydrogen (secondary N) is 1. The molecule has 2 aliphatic heterocycles. The standard InChI is InChI=1S/C16H21N3O3/c20-16(12-19-5-8-21-9-6-19)18-17-11-13-3-4-15-14(10-13)2-1-7-22-15/h3-4,10-11H,1-2,5-9,12H2,(H,18,20)/b17-11+. The van der Waals surface area contributed by atoms with E-state index >= 15 is 0 Å². The van der Waals surface area contributed by atoms with Gasteiger partial charge in [-0.15, -0.1) is 0 Å². The summed E-state index contributed by atoms with van der Waals surface area (Å²) in [6.07, 6.45) is 3.75. The maximum atomic E-state index is 11.8. The summed E-state index contributed by atoms with van der Waals surface area (Å²) >= 11 is 0. The zero-order valence-electron chi connectivity index (χ0n) is 12.6. The number of carbonyl (C=O) groups excluding carboxylic acids is 1. The van der Waals surface area contributed by atoms with E-state index in [0.717, 1.165) is 43.9 Å². The van der Waals surface area contributed by atoms with E-state index in [4.69, 9.17) is 9.47 Å². The molecule has 1 amide bonds. The van der Waals surface area contributed by atoms with E-state index in [1.54, 1.807) is 6.21 Å². The minimum absolute atomic E-state index is 0.0977. The van der Waals surface area contributed by atoms with Crippen LogP contribution in [-0.4, -0.2) is 56.5 Å². The molecule has 118 valence electrons. The van der Waals surface area contributed by atoms with Gasteiger partial charge < -0.3 is 9.47 Å². The molecule has 2 heterocycles. The number of rotatable bonds is 4. The minimum atomic E-state index is -0.0977. The zero-order valence-corrected chi connectivity index (χ0v) is 12.6. The topological polar surface area (TPSA) is 63.2 Å². The van der Waals surface area contributed by atoms with Gasteiger partial charge in [0.25, 0.3) is 5.91 Å². The van der Waals surface area contributed by atoms with Gasteiger partial charge in [0, 0.05) is 13.1 Å². The summed E-state index contributed by atoms with van der Waals surface area (Å²) in [5, 5.41) is 4.03. The van der Waals surface area contributed by atoms with Crippen LogP contribution in [0.3, 0.4) is 0 Å². The molecule has 1 N–H and O–H groups in total. The molecule has 0 bridgehead atoms. The van der Waals surface area contributed by atoms with E-state index in [2.05, 4.69) is 21.5 Å². The van der Waals surface area contributed by atoms with Crippen LogP contribution in [0.2, 0.25) is 0 Å². The van der Waals surface area contributed by atoms with Crippen LogP contribution in [0.1, 0.15) is 17.5 Å². The first-order valence-corrected chi connectivity index (χ1v) is 7.69. The molecule has 0 aromatic heterocycles. The maximum Gasteiger partial charge on any atom is 0.254 e. The third-order valence-electron chi connectivity index (χ3n) is 3.81. The van der Waals surface area contributed by atoms with E-state index in [1.165, 1.54) is 5.56 Å². The van der Waals surface area contributed by atoms with Gasteiger partial charge >= 0.3 is 0 Å². The third-order valence-corrected chi connectivity index (χ3v) is 3.81. The highest BCUT2D eigenvalue weighted by Crippen LogP contribution is 2.24. The van der Waals surface area contributed by atoms with Crippen LogP contribution in [0.25, 0.3) is 0 Å². The fourth-order valence-corrected chi connectivity index (χ4v) is 2.64. The highest BCUT2D eigenvalue weighted by atomic mass is 16.5. The van der Waals surface area contributed by atoms with Gasteiger partial charge in [-0.05, 0) is 42.2 Å². The molecule has 6 nitrogen and oxygen atoms in total. The molecule has 2 aliphatic rings. The van der Waals surface area contributed by atoms with Crippen LogP contribution >= 0.6 is 0 Å². The van der Waals surface area contributed by atoms with Gasteiger partial charge in [0.1, 0.15) is 5.75 Å². The Balaban J connectivity index is 1.50. The zero-order chi connectivity index (χ0) is 15.2. The average molecular weight is 303 g/mol. The summed E-state index contributed by atoms with van der Waals surface area (Å²) in [4.78, 5) is 13.9. The van der Waals surface area contributed by atoms with Gasteiger partial charge in [-0.1, -0.05) is 0 Å². The molecule has 0 unspecified atom stereocenters. The Bertz CT molecular complexity index is 554. The molecule has 1 fully saturated rings. The molecule has 0 aliphatic carbocycles. The van der Waals surface area contributed by atoms with Crippen LogP contribution in [0, 0.1) is 0 Å². The van der Waals surface area contributed by atoms with Crippen molar-refractivity contribution in [2.75, 3.05) is 39.5 Å². The molecular weight excluding hydrogens is 282 g/mol. The van der Waals surface area contributed by atoms with E-state index in [1.807, 2.05) is 12.1 Å². The number of hydrogen-bond acceptors (Lipinski definition) is 5. The van der Waals surface area contributed by atoms with E-state index in [9.17, 15) is 4.79 Å². The average Bonchev–Trinajstić information content (AvgIpc) is 2.55. The largest absolute Gasteiger partial charge is 0.493 e. The number of carbonyl (C=O) groups is 1. The summed E-state index contributed by atoms with van der Waals surface area (Å²) in [5.41, 5.74) is 4.75. The Hall–Kier alpha value is -1.92. The summed E-state index contributed by atoms with van der Waals surface area (Å²) in [7, 11) is 0. The predicted octanol–water partition coefficient (Wildman–Crippen LogP) is 0.794. The highest BCUT2D eigenvalue weighted by molar-refractivity contribution is 5.83. The second-order valence-corrected chi connectivity index (χ2v) is 5.50. The lowest BCUT2D eigenvalue weighted by Gasteiger charge is -2.25. The van der Waals surface area contributed by atoms with Crippen molar-refractivity contribution < 1.29 is 14.3 Å². The van der Waals surface area contributed by atoms with E-state index in [0.29, 0.717) is 19.8 Å². The number of fused-ring (bicyclic) bond motifs is 1. The Labute approximate surface area is 130 Å². The molecule has 0 spiro atoms. The highest BCUT2D eigenvalue weighted by Gasteiger charge is 2.13. The Morgan fingerprint density at radius 2 is 2.18 bits per heavy atom. The first-order chi connectivity index (χ1) is 10.8. The number of aryl methyl sites for hydroxylation is 1. The van der Waals surface area contributed by atoms with Gasteiger partial charge in [-0.25, -0.2) is 5.43 Å². The minimum Gasteiger partial charge on any atom is -0.493 e. The molecule has 1 saturated heterocycles. The Kier molecular flexibility index (Phi) is 5.03. The Morgan fingerprint density at radius 1 is 1.32 bits per heavy atom. The fourth-order valence-electron chi connectivity index (χ4n) is 2.64. The smallest absolute Gasteiger partial charge is 0.254 e. The number of benzene rings is 1. The number of nitrogens with zero attached hydrogens (tertiary/aromatic N) is 2. The monoisotopic (exact) mass is 303 g/mol. The molecule has 1 aromatic rings. The molecule has 0 radical (unpaired) electrons. The normalized spacial score (nSPS) is 18.7. The van der Waals surface area contributed by atoms with Gasteiger partial charge in [0.2, 0.25) is 0 Å². The number of hydrogen-bond donors (Lipinski definition) is 1. The van der Waals surface area contributed by atoms with Crippen molar-refractivity contribution in [1.29, 1.82) is 0 Å². The van der Waals surface area contributed by atoms with Gasteiger partial charge in [-0.3, -0.25) is 9.69 Å². The summed E-state index contributed by atoms with van der Waals surface area (Å²) < 4.78 is 10.8. The molecule has 0 saturated carbocycles. The number of ether oxygens (including phenoxy) is 2. The first-order valence-electron chi connectivity index (χ1n) is 7.69. The number of amides is 1. The van der Waals surface area contributed by atoms with Crippen molar-refractivity contribution in [1.82, 2.24) is 10.3 Å². The van der Waals surface area contributed by atoms with Crippen molar-refractivity contribution in [3.63, 3.8) is 0 Å². The molecule has 6 heteroatoms.